The van der Waals surface area contributed by atoms with E-state index >= 15 is 0 Å². The van der Waals surface area contributed by atoms with Gasteiger partial charge in [-0.3, -0.25) is 0 Å². The summed E-state index contributed by atoms with van der Waals surface area (Å²) in [5, 5.41) is 13.0. The highest BCUT2D eigenvalue weighted by Gasteiger charge is 2.25. The molecule has 5 heteroatoms. The summed E-state index contributed by atoms with van der Waals surface area (Å²) in [6, 6.07) is 0.803. The zero-order valence-corrected chi connectivity index (χ0v) is 13.1. The number of rotatable bonds is 14. The number of nitrogens with zero attached hydrogens (tertiary/aromatic N) is 1. The SMILES string of the molecule is CCCCOCCOCC(O)CNCCN(C)C1CC1. The number of hydrogen-bond donors (Lipinski definition) is 2. The van der Waals surface area contributed by atoms with Crippen LogP contribution in [0, 0.1) is 0 Å². The number of unbranched alkanes of at least 4 members (excludes halogenated alkanes) is 1. The highest BCUT2D eigenvalue weighted by molar-refractivity contribution is 4.82. The van der Waals surface area contributed by atoms with Crippen molar-refractivity contribution in [2.24, 2.45) is 0 Å². The van der Waals surface area contributed by atoms with Gasteiger partial charge in [0.1, 0.15) is 0 Å². The molecule has 0 bridgehead atoms. The van der Waals surface area contributed by atoms with E-state index in [-0.39, 0.29) is 0 Å². The first-order valence-corrected chi connectivity index (χ1v) is 7.98. The largest absolute Gasteiger partial charge is 0.389 e. The molecule has 1 atom stereocenters. The lowest BCUT2D eigenvalue weighted by Gasteiger charge is -2.17. The summed E-state index contributed by atoms with van der Waals surface area (Å²) in [6.07, 6.45) is 4.50. The summed E-state index contributed by atoms with van der Waals surface area (Å²) in [6.45, 7) is 7.06. The number of aliphatic hydroxyl groups excluding tert-OH is 1. The predicted molar refractivity (Wildman–Crippen MR) is 81.1 cm³/mol. The lowest BCUT2D eigenvalue weighted by atomic mass is 10.3. The Morgan fingerprint density at radius 2 is 2.00 bits per heavy atom. The average Bonchev–Trinajstić information content (AvgIpc) is 3.27. The van der Waals surface area contributed by atoms with Gasteiger partial charge in [-0.25, -0.2) is 0 Å². The van der Waals surface area contributed by atoms with Gasteiger partial charge in [-0.1, -0.05) is 13.3 Å². The number of hydrogen-bond acceptors (Lipinski definition) is 5. The Labute approximate surface area is 123 Å². The van der Waals surface area contributed by atoms with E-state index in [1.165, 1.54) is 12.8 Å². The molecule has 0 aliphatic heterocycles. The molecule has 1 rings (SSSR count). The summed E-state index contributed by atoms with van der Waals surface area (Å²) in [7, 11) is 2.16. The summed E-state index contributed by atoms with van der Waals surface area (Å²) in [4.78, 5) is 2.38. The molecule has 20 heavy (non-hydrogen) atoms. The third-order valence-electron chi connectivity index (χ3n) is 3.52. The Hall–Kier alpha value is -0.200. The molecule has 1 aliphatic carbocycles. The molecule has 0 aromatic heterocycles. The lowest BCUT2D eigenvalue weighted by molar-refractivity contribution is 0.00388. The van der Waals surface area contributed by atoms with Crippen LogP contribution in [0.4, 0.5) is 0 Å². The van der Waals surface area contributed by atoms with Crippen molar-refractivity contribution in [3.63, 3.8) is 0 Å². The first-order valence-electron chi connectivity index (χ1n) is 7.98. The van der Waals surface area contributed by atoms with E-state index in [1.54, 1.807) is 0 Å². The van der Waals surface area contributed by atoms with Crippen LogP contribution in [0.2, 0.25) is 0 Å². The topological polar surface area (TPSA) is 54.0 Å². The van der Waals surface area contributed by atoms with Crippen LogP contribution in [-0.4, -0.2) is 75.3 Å². The van der Waals surface area contributed by atoms with Crippen molar-refractivity contribution in [2.45, 2.75) is 44.8 Å². The zero-order valence-electron chi connectivity index (χ0n) is 13.1. The molecular formula is C15H32N2O3. The summed E-state index contributed by atoms with van der Waals surface area (Å²) < 4.78 is 10.8. The molecule has 0 aromatic rings. The van der Waals surface area contributed by atoms with E-state index in [9.17, 15) is 5.11 Å². The Balaban J connectivity index is 1.79. The smallest absolute Gasteiger partial charge is 0.0897 e. The van der Waals surface area contributed by atoms with Gasteiger partial charge in [-0.2, -0.15) is 0 Å². The van der Waals surface area contributed by atoms with Crippen molar-refractivity contribution in [1.82, 2.24) is 10.2 Å². The van der Waals surface area contributed by atoms with E-state index in [2.05, 4.69) is 24.2 Å². The fourth-order valence-electron chi connectivity index (χ4n) is 1.97. The Bertz CT molecular complexity index is 225. The maximum atomic E-state index is 9.73. The Morgan fingerprint density at radius 3 is 2.70 bits per heavy atom. The maximum absolute atomic E-state index is 9.73. The average molecular weight is 288 g/mol. The molecule has 1 saturated carbocycles. The van der Waals surface area contributed by atoms with Crippen LogP contribution < -0.4 is 5.32 Å². The quantitative estimate of drug-likeness (QED) is 0.464. The second kappa shape index (κ2) is 11.5. The summed E-state index contributed by atoms with van der Waals surface area (Å²) in [5.41, 5.74) is 0. The highest BCUT2D eigenvalue weighted by Crippen LogP contribution is 2.24. The molecule has 2 N–H and O–H groups in total. The summed E-state index contributed by atoms with van der Waals surface area (Å²) >= 11 is 0. The van der Waals surface area contributed by atoms with Crippen LogP contribution in [0.3, 0.4) is 0 Å². The lowest BCUT2D eigenvalue weighted by Crippen LogP contribution is -2.36. The highest BCUT2D eigenvalue weighted by atomic mass is 16.5. The van der Waals surface area contributed by atoms with Crippen LogP contribution in [0.5, 0.6) is 0 Å². The zero-order chi connectivity index (χ0) is 14.6. The van der Waals surface area contributed by atoms with Crippen LogP contribution in [0.15, 0.2) is 0 Å². The van der Waals surface area contributed by atoms with E-state index < -0.39 is 6.10 Å². The van der Waals surface area contributed by atoms with Crippen LogP contribution in [0.1, 0.15) is 32.6 Å². The van der Waals surface area contributed by atoms with E-state index in [0.717, 1.165) is 38.6 Å². The first kappa shape index (κ1) is 17.9. The molecule has 0 radical (unpaired) electrons. The van der Waals surface area contributed by atoms with Gasteiger partial charge in [0, 0.05) is 32.3 Å². The maximum Gasteiger partial charge on any atom is 0.0897 e. The van der Waals surface area contributed by atoms with E-state index in [4.69, 9.17) is 9.47 Å². The molecule has 0 spiro atoms. The number of aliphatic hydroxyl groups is 1. The third kappa shape index (κ3) is 9.66. The minimum Gasteiger partial charge on any atom is -0.389 e. The Kier molecular flexibility index (Phi) is 10.2. The fourth-order valence-corrected chi connectivity index (χ4v) is 1.97. The van der Waals surface area contributed by atoms with Crippen molar-refractivity contribution < 1.29 is 14.6 Å². The molecule has 0 amide bonds. The second-order valence-corrected chi connectivity index (χ2v) is 5.61. The molecule has 0 saturated heterocycles. The molecule has 5 nitrogen and oxygen atoms in total. The molecule has 1 unspecified atom stereocenters. The number of likely N-dealkylation sites (N-methyl/N-ethyl adjacent to an activating group) is 1. The normalized spacial score (nSPS) is 16.8. The van der Waals surface area contributed by atoms with E-state index in [0.29, 0.717) is 26.4 Å². The van der Waals surface area contributed by atoms with Crippen LogP contribution in [-0.2, 0) is 9.47 Å². The van der Waals surface area contributed by atoms with Crippen molar-refractivity contribution in [3.05, 3.63) is 0 Å². The van der Waals surface area contributed by atoms with Crippen molar-refractivity contribution in [1.29, 1.82) is 0 Å². The third-order valence-corrected chi connectivity index (χ3v) is 3.52. The van der Waals surface area contributed by atoms with Gasteiger partial charge in [-0.05, 0) is 26.3 Å². The molecule has 1 fully saturated rings. The molecular weight excluding hydrogens is 256 g/mol. The van der Waals surface area contributed by atoms with Gasteiger partial charge in [0.25, 0.3) is 0 Å². The molecule has 120 valence electrons. The fraction of sp³-hybridized carbons (Fsp3) is 1.00. The van der Waals surface area contributed by atoms with Crippen molar-refractivity contribution >= 4 is 0 Å². The van der Waals surface area contributed by atoms with Gasteiger partial charge < -0.3 is 24.8 Å². The monoisotopic (exact) mass is 288 g/mol. The van der Waals surface area contributed by atoms with Gasteiger partial charge in [0.2, 0.25) is 0 Å². The van der Waals surface area contributed by atoms with Crippen molar-refractivity contribution in [3.8, 4) is 0 Å². The van der Waals surface area contributed by atoms with Crippen LogP contribution in [0.25, 0.3) is 0 Å². The van der Waals surface area contributed by atoms with Gasteiger partial charge in [0.15, 0.2) is 0 Å². The predicted octanol–water partition coefficient (Wildman–Crippen LogP) is 0.864. The number of nitrogens with one attached hydrogen (secondary N) is 1. The first-order chi connectivity index (χ1) is 9.74. The standard InChI is InChI=1S/C15H32N2O3/c1-3-4-9-19-10-11-20-13-15(18)12-16-7-8-17(2)14-5-6-14/h14-16,18H,3-13H2,1-2H3. The molecule has 0 aromatic carbocycles. The minimum atomic E-state index is -0.433. The molecule has 1 aliphatic rings. The molecule has 0 heterocycles. The van der Waals surface area contributed by atoms with Crippen molar-refractivity contribution in [2.75, 3.05) is 53.1 Å². The van der Waals surface area contributed by atoms with Gasteiger partial charge in [-0.15, -0.1) is 0 Å². The summed E-state index contributed by atoms with van der Waals surface area (Å²) in [5.74, 6) is 0. The minimum absolute atomic E-state index is 0.378. The van der Waals surface area contributed by atoms with Crippen LogP contribution >= 0.6 is 0 Å². The Morgan fingerprint density at radius 1 is 1.25 bits per heavy atom. The van der Waals surface area contributed by atoms with Gasteiger partial charge in [0.05, 0.1) is 25.9 Å². The second-order valence-electron chi connectivity index (χ2n) is 5.61. The van der Waals surface area contributed by atoms with Gasteiger partial charge >= 0.3 is 0 Å². The van der Waals surface area contributed by atoms with E-state index in [1.807, 2.05) is 0 Å². The number of ether oxygens (including phenoxy) is 2.